The van der Waals surface area contributed by atoms with E-state index in [-0.39, 0.29) is 11.9 Å². The van der Waals surface area contributed by atoms with Crippen LogP contribution in [0.2, 0.25) is 0 Å². The van der Waals surface area contributed by atoms with Gasteiger partial charge in [-0.2, -0.15) is 0 Å². The number of likely N-dealkylation sites (N-methyl/N-ethyl adjacent to an activating group) is 1. The maximum atomic E-state index is 11.8. The van der Waals surface area contributed by atoms with Crippen LogP contribution in [0.3, 0.4) is 0 Å². The Bertz CT molecular complexity index is 434. The van der Waals surface area contributed by atoms with Crippen LogP contribution in [-0.2, 0) is 9.53 Å². The number of rotatable bonds is 2. The lowest BCUT2D eigenvalue weighted by molar-refractivity contribution is -0.124. The third-order valence-corrected chi connectivity index (χ3v) is 3.17. The average Bonchev–Trinajstić information content (AvgIpc) is 2.36. The number of hydrogen-bond acceptors (Lipinski definition) is 5. The number of nitrogens with zero attached hydrogens (tertiary/aromatic N) is 3. The lowest BCUT2D eigenvalue weighted by Crippen LogP contribution is -2.53. The van der Waals surface area contributed by atoms with Crippen molar-refractivity contribution in [2.45, 2.75) is 13.0 Å². The van der Waals surface area contributed by atoms with Crippen molar-refractivity contribution < 1.29 is 9.53 Å². The van der Waals surface area contributed by atoms with Crippen molar-refractivity contribution >= 4 is 27.7 Å². The highest BCUT2D eigenvalue weighted by Gasteiger charge is 2.30. The molecule has 1 aliphatic rings. The fraction of sp³-hybridized carbons (Fsp3) is 0.545. The molecule has 0 spiro atoms. The van der Waals surface area contributed by atoms with Gasteiger partial charge in [-0.1, -0.05) is 0 Å². The van der Waals surface area contributed by atoms with E-state index in [1.807, 2.05) is 17.9 Å². The monoisotopic (exact) mass is 314 g/mol. The van der Waals surface area contributed by atoms with Crippen molar-refractivity contribution in [3.05, 3.63) is 16.5 Å². The van der Waals surface area contributed by atoms with E-state index in [2.05, 4.69) is 31.2 Å². The number of carbonyl (C=O) groups is 1. The Kier molecular flexibility index (Phi) is 4.13. The molecule has 7 heteroatoms. The van der Waals surface area contributed by atoms with Crippen LogP contribution in [0.5, 0.6) is 0 Å². The van der Waals surface area contributed by atoms with Crippen molar-refractivity contribution in [3.63, 3.8) is 0 Å². The molecule has 1 atom stereocenters. The molecule has 98 valence electrons. The topological polar surface area (TPSA) is 67.3 Å². The Morgan fingerprint density at radius 3 is 3.06 bits per heavy atom. The third kappa shape index (κ3) is 2.78. The number of amides is 1. The van der Waals surface area contributed by atoms with Gasteiger partial charge in [-0.3, -0.25) is 4.79 Å². The van der Waals surface area contributed by atoms with Crippen LogP contribution in [-0.4, -0.2) is 48.7 Å². The summed E-state index contributed by atoms with van der Waals surface area (Å²) < 4.78 is 6.07. The predicted octanol–water partition coefficient (Wildman–Crippen LogP) is 0.499. The number of hydrogen-bond donors (Lipinski definition) is 1. The zero-order valence-electron chi connectivity index (χ0n) is 10.3. The van der Waals surface area contributed by atoms with Gasteiger partial charge in [0.25, 0.3) is 0 Å². The summed E-state index contributed by atoms with van der Waals surface area (Å²) >= 11 is 3.34. The third-order valence-electron chi connectivity index (χ3n) is 2.76. The van der Waals surface area contributed by atoms with Gasteiger partial charge in [0, 0.05) is 19.7 Å². The molecule has 1 unspecified atom stereocenters. The van der Waals surface area contributed by atoms with Gasteiger partial charge in [0.2, 0.25) is 5.91 Å². The van der Waals surface area contributed by atoms with Gasteiger partial charge in [0.05, 0.1) is 13.2 Å². The Morgan fingerprint density at radius 2 is 2.39 bits per heavy atom. The van der Waals surface area contributed by atoms with Gasteiger partial charge in [0.15, 0.2) is 0 Å². The van der Waals surface area contributed by atoms with Crippen LogP contribution in [0.15, 0.2) is 10.7 Å². The van der Waals surface area contributed by atoms with E-state index in [9.17, 15) is 4.79 Å². The van der Waals surface area contributed by atoms with Gasteiger partial charge in [0.1, 0.15) is 22.3 Å². The van der Waals surface area contributed by atoms with Crippen LogP contribution in [0, 0.1) is 6.92 Å². The second-order valence-electron chi connectivity index (χ2n) is 3.99. The quantitative estimate of drug-likeness (QED) is 0.805. The number of aryl methyl sites for hydroxylation is 1. The number of aromatic nitrogens is 2. The first kappa shape index (κ1) is 13.2. The van der Waals surface area contributed by atoms with Crippen LogP contribution in [0.25, 0.3) is 0 Å². The zero-order chi connectivity index (χ0) is 13.1. The minimum absolute atomic E-state index is 0.0675. The molecule has 0 radical (unpaired) electrons. The highest BCUT2D eigenvalue weighted by atomic mass is 79.9. The summed E-state index contributed by atoms with van der Waals surface area (Å²) in [5, 5.41) is 2.65. The molecule has 1 fully saturated rings. The number of nitrogens with one attached hydrogen (secondary N) is 1. The Labute approximate surface area is 114 Å². The minimum Gasteiger partial charge on any atom is -0.377 e. The number of halogens is 1. The summed E-state index contributed by atoms with van der Waals surface area (Å²) in [5.74, 6) is 1.34. The first-order valence-electron chi connectivity index (χ1n) is 5.69. The van der Waals surface area contributed by atoms with E-state index < -0.39 is 0 Å². The van der Waals surface area contributed by atoms with E-state index >= 15 is 0 Å². The molecule has 1 saturated heterocycles. The number of anilines is 1. The Morgan fingerprint density at radius 1 is 1.61 bits per heavy atom. The second kappa shape index (κ2) is 5.62. The van der Waals surface area contributed by atoms with Crippen LogP contribution in [0.4, 0.5) is 5.82 Å². The number of morpholine rings is 1. The normalized spacial score (nSPS) is 19.7. The fourth-order valence-corrected chi connectivity index (χ4v) is 2.39. The molecule has 1 aromatic heterocycles. The molecule has 0 bridgehead atoms. The summed E-state index contributed by atoms with van der Waals surface area (Å²) in [6.45, 7) is 3.43. The summed E-state index contributed by atoms with van der Waals surface area (Å²) in [4.78, 5) is 22.3. The molecule has 0 aromatic carbocycles. The van der Waals surface area contributed by atoms with E-state index in [4.69, 9.17) is 4.74 Å². The summed E-state index contributed by atoms with van der Waals surface area (Å²) in [5.41, 5.74) is 0. The fourth-order valence-electron chi connectivity index (χ4n) is 1.93. The molecule has 0 aliphatic carbocycles. The van der Waals surface area contributed by atoms with Crippen LogP contribution < -0.4 is 10.2 Å². The van der Waals surface area contributed by atoms with Gasteiger partial charge in [-0.25, -0.2) is 9.97 Å². The predicted molar refractivity (Wildman–Crippen MR) is 70.5 cm³/mol. The lowest BCUT2D eigenvalue weighted by atomic mass is 10.2. The van der Waals surface area contributed by atoms with Gasteiger partial charge in [-0.05, 0) is 22.9 Å². The smallest absolute Gasteiger partial charge is 0.244 e. The molecular formula is C11H15BrN4O2. The second-order valence-corrected chi connectivity index (χ2v) is 4.81. The molecule has 1 N–H and O–H groups in total. The summed E-state index contributed by atoms with van der Waals surface area (Å²) in [7, 11) is 1.62. The van der Waals surface area contributed by atoms with Gasteiger partial charge in [-0.15, -0.1) is 0 Å². The summed E-state index contributed by atoms with van der Waals surface area (Å²) in [6.07, 6.45) is 0. The Balaban J connectivity index is 2.30. The van der Waals surface area contributed by atoms with Crippen molar-refractivity contribution in [2.24, 2.45) is 0 Å². The highest BCUT2D eigenvalue weighted by Crippen LogP contribution is 2.20. The largest absolute Gasteiger partial charge is 0.377 e. The van der Waals surface area contributed by atoms with Gasteiger partial charge >= 0.3 is 0 Å². The van der Waals surface area contributed by atoms with Crippen molar-refractivity contribution in [1.29, 1.82) is 0 Å². The zero-order valence-corrected chi connectivity index (χ0v) is 11.9. The van der Waals surface area contributed by atoms with Gasteiger partial charge < -0.3 is 15.0 Å². The van der Waals surface area contributed by atoms with Crippen molar-refractivity contribution in [1.82, 2.24) is 15.3 Å². The van der Waals surface area contributed by atoms with E-state index in [0.29, 0.717) is 30.2 Å². The molecule has 2 rings (SSSR count). The molecule has 1 amide bonds. The summed E-state index contributed by atoms with van der Waals surface area (Å²) in [6, 6.07) is 1.47. The molecule has 2 heterocycles. The first-order valence-corrected chi connectivity index (χ1v) is 6.48. The van der Waals surface area contributed by atoms with Crippen molar-refractivity contribution in [2.75, 3.05) is 31.7 Å². The molecule has 18 heavy (non-hydrogen) atoms. The molecule has 0 saturated carbocycles. The van der Waals surface area contributed by atoms with Crippen LogP contribution >= 0.6 is 15.9 Å². The molecule has 1 aromatic rings. The SMILES string of the molecule is CNC(=O)C1COCCN1c1cc(Br)nc(C)n1. The number of ether oxygens (including phenoxy) is 1. The highest BCUT2D eigenvalue weighted by molar-refractivity contribution is 9.10. The minimum atomic E-state index is -0.343. The van der Waals surface area contributed by atoms with E-state index in [1.54, 1.807) is 7.05 Å². The van der Waals surface area contributed by atoms with Crippen molar-refractivity contribution in [3.8, 4) is 0 Å². The first-order chi connectivity index (χ1) is 8.61. The van der Waals surface area contributed by atoms with E-state index in [1.165, 1.54) is 0 Å². The number of carbonyl (C=O) groups excluding carboxylic acids is 1. The standard InChI is InChI=1S/C11H15BrN4O2/c1-7-14-9(12)5-10(15-7)16-3-4-18-6-8(16)11(17)13-2/h5,8H,3-4,6H2,1-2H3,(H,13,17). The Hall–Kier alpha value is -1.21. The maximum Gasteiger partial charge on any atom is 0.244 e. The molecular weight excluding hydrogens is 300 g/mol. The lowest BCUT2D eigenvalue weighted by Gasteiger charge is -2.35. The molecule has 1 aliphatic heterocycles. The maximum absolute atomic E-state index is 11.8. The average molecular weight is 315 g/mol. The molecule has 6 nitrogen and oxygen atoms in total. The van der Waals surface area contributed by atoms with E-state index in [0.717, 1.165) is 5.82 Å². The van der Waals surface area contributed by atoms with Crippen LogP contribution in [0.1, 0.15) is 5.82 Å².